The van der Waals surface area contributed by atoms with Crippen molar-refractivity contribution in [2.45, 2.75) is 6.42 Å². The zero-order valence-corrected chi connectivity index (χ0v) is 18.2. The topological polar surface area (TPSA) is 73.5 Å². The number of urea groups is 1. The van der Waals surface area contributed by atoms with E-state index >= 15 is 0 Å². The van der Waals surface area contributed by atoms with Gasteiger partial charge in [0.1, 0.15) is 5.82 Å². The number of benzene rings is 3. The largest absolute Gasteiger partial charge is 0.338 e. The molecule has 0 fully saturated rings. The number of nitrogens with one attached hydrogen (secondary N) is 3. The van der Waals surface area contributed by atoms with Gasteiger partial charge in [-0.1, -0.05) is 36.4 Å². The van der Waals surface area contributed by atoms with Gasteiger partial charge in [-0.2, -0.15) is 0 Å². The van der Waals surface area contributed by atoms with Crippen LogP contribution in [0.15, 0.2) is 72.8 Å². The summed E-state index contributed by atoms with van der Waals surface area (Å²) in [6, 6.07) is 19.8. The highest BCUT2D eigenvalue weighted by atomic mass is 19.1. The monoisotopic (exact) mass is 434 g/mol. The van der Waals surface area contributed by atoms with Gasteiger partial charge in [0.05, 0.1) is 5.69 Å². The minimum atomic E-state index is -0.372. The SMILES string of the molecule is CN(C)CCCNC(=O)Nc1ccccc1-c1ccccc1C(=O)Nc1ccc(F)cc1. The lowest BCUT2D eigenvalue weighted by molar-refractivity contribution is 0.102. The van der Waals surface area contributed by atoms with Crippen LogP contribution >= 0.6 is 0 Å². The Morgan fingerprint density at radius 3 is 2.22 bits per heavy atom. The maximum Gasteiger partial charge on any atom is 0.319 e. The van der Waals surface area contributed by atoms with Crippen molar-refractivity contribution < 1.29 is 14.0 Å². The first kappa shape index (κ1) is 23.0. The van der Waals surface area contributed by atoms with Crippen LogP contribution in [0.25, 0.3) is 11.1 Å². The molecule has 0 aliphatic rings. The number of halogens is 1. The van der Waals surface area contributed by atoms with Gasteiger partial charge in [-0.3, -0.25) is 4.79 Å². The molecular weight excluding hydrogens is 407 g/mol. The van der Waals surface area contributed by atoms with E-state index in [-0.39, 0.29) is 17.8 Å². The van der Waals surface area contributed by atoms with Crippen molar-refractivity contribution in [2.75, 3.05) is 37.8 Å². The lowest BCUT2D eigenvalue weighted by Gasteiger charge is -2.15. The summed E-state index contributed by atoms with van der Waals surface area (Å²) in [5, 5.41) is 8.53. The van der Waals surface area contributed by atoms with Gasteiger partial charge in [-0.25, -0.2) is 9.18 Å². The van der Waals surface area contributed by atoms with Crippen LogP contribution in [0.5, 0.6) is 0 Å². The minimum Gasteiger partial charge on any atom is -0.338 e. The van der Waals surface area contributed by atoms with Crippen molar-refractivity contribution in [3.63, 3.8) is 0 Å². The second-order valence-corrected chi connectivity index (χ2v) is 7.59. The minimum absolute atomic E-state index is 0.301. The maximum atomic E-state index is 13.2. The van der Waals surface area contributed by atoms with E-state index in [0.29, 0.717) is 29.0 Å². The Morgan fingerprint density at radius 1 is 0.844 bits per heavy atom. The molecule has 3 aromatic carbocycles. The van der Waals surface area contributed by atoms with Gasteiger partial charge in [-0.05, 0) is 69.0 Å². The van der Waals surface area contributed by atoms with Crippen LogP contribution in [0.4, 0.5) is 20.6 Å². The van der Waals surface area contributed by atoms with Crippen molar-refractivity contribution in [1.29, 1.82) is 0 Å². The summed E-state index contributed by atoms with van der Waals surface area (Å²) in [4.78, 5) is 27.4. The van der Waals surface area contributed by atoms with Gasteiger partial charge >= 0.3 is 6.03 Å². The molecule has 0 bridgehead atoms. The van der Waals surface area contributed by atoms with Gasteiger partial charge in [0.2, 0.25) is 0 Å². The standard InChI is InChI=1S/C25H27FN4O2/c1-30(2)17-7-16-27-25(32)29-23-11-6-5-9-21(23)20-8-3-4-10-22(20)24(31)28-19-14-12-18(26)13-15-19/h3-6,8-15H,7,16-17H2,1-2H3,(H,28,31)(H2,27,29,32). The van der Waals surface area contributed by atoms with Crippen LogP contribution in [0, 0.1) is 5.82 Å². The van der Waals surface area contributed by atoms with E-state index in [2.05, 4.69) is 20.9 Å². The van der Waals surface area contributed by atoms with Crippen LogP contribution in [-0.2, 0) is 0 Å². The number of hydrogen-bond acceptors (Lipinski definition) is 3. The van der Waals surface area contributed by atoms with Crippen molar-refractivity contribution >= 4 is 23.3 Å². The van der Waals surface area contributed by atoms with Gasteiger partial charge in [0.25, 0.3) is 5.91 Å². The zero-order chi connectivity index (χ0) is 22.9. The predicted molar refractivity (Wildman–Crippen MR) is 126 cm³/mol. The molecule has 7 heteroatoms. The highest BCUT2D eigenvalue weighted by molar-refractivity contribution is 6.10. The molecule has 0 unspecified atom stereocenters. The molecule has 0 radical (unpaired) electrons. The van der Waals surface area contributed by atoms with E-state index in [1.54, 1.807) is 18.2 Å². The van der Waals surface area contributed by atoms with E-state index in [0.717, 1.165) is 18.5 Å². The van der Waals surface area contributed by atoms with Gasteiger partial charge in [0.15, 0.2) is 0 Å². The fraction of sp³-hybridized carbons (Fsp3) is 0.200. The normalized spacial score (nSPS) is 10.6. The molecule has 0 saturated carbocycles. The molecule has 0 aliphatic heterocycles. The average molecular weight is 435 g/mol. The summed E-state index contributed by atoms with van der Waals surface area (Å²) in [7, 11) is 3.97. The second kappa shape index (κ2) is 11.1. The molecule has 6 nitrogen and oxygen atoms in total. The van der Waals surface area contributed by atoms with E-state index in [1.165, 1.54) is 24.3 Å². The second-order valence-electron chi connectivity index (χ2n) is 7.59. The lowest BCUT2D eigenvalue weighted by Crippen LogP contribution is -2.31. The Labute approximate surface area is 187 Å². The molecule has 3 rings (SSSR count). The maximum absolute atomic E-state index is 13.2. The summed E-state index contributed by atoms with van der Waals surface area (Å²) >= 11 is 0. The van der Waals surface area contributed by atoms with E-state index in [1.807, 2.05) is 44.4 Å². The number of carbonyl (C=O) groups is 2. The molecule has 166 valence electrons. The molecule has 0 aliphatic carbocycles. The number of hydrogen-bond donors (Lipinski definition) is 3. The van der Waals surface area contributed by atoms with Crippen molar-refractivity contribution in [3.05, 3.63) is 84.2 Å². The first-order valence-corrected chi connectivity index (χ1v) is 10.4. The molecule has 32 heavy (non-hydrogen) atoms. The predicted octanol–water partition coefficient (Wildman–Crippen LogP) is 4.82. The van der Waals surface area contributed by atoms with Crippen LogP contribution in [0.3, 0.4) is 0 Å². The highest BCUT2D eigenvalue weighted by Gasteiger charge is 2.16. The fourth-order valence-corrected chi connectivity index (χ4v) is 3.24. The average Bonchev–Trinajstić information content (AvgIpc) is 2.78. The highest BCUT2D eigenvalue weighted by Crippen LogP contribution is 2.31. The first-order chi connectivity index (χ1) is 15.4. The molecule has 0 aromatic heterocycles. The Kier molecular flexibility index (Phi) is 7.94. The van der Waals surface area contributed by atoms with Crippen molar-refractivity contribution in [3.8, 4) is 11.1 Å². The van der Waals surface area contributed by atoms with E-state index in [9.17, 15) is 14.0 Å². The molecular formula is C25H27FN4O2. The van der Waals surface area contributed by atoms with Crippen molar-refractivity contribution in [1.82, 2.24) is 10.2 Å². The molecule has 0 heterocycles. The molecule has 0 saturated heterocycles. The van der Waals surface area contributed by atoms with Crippen molar-refractivity contribution in [2.24, 2.45) is 0 Å². The van der Waals surface area contributed by atoms with E-state index in [4.69, 9.17) is 0 Å². The Hall–Kier alpha value is -3.71. The molecule has 0 spiro atoms. The fourth-order valence-electron chi connectivity index (χ4n) is 3.24. The summed E-state index contributed by atoms with van der Waals surface area (Å²) < 4.78 is 13.2. The number of para-hydroxylation sites is 1. The smallest absolute Gasteiger partial charge is 0.319 e. The van der Waals surface area contributed by atoms with Gasteiger partial charge in [-0.15, -0.1) is 0 Å². The zero-order valence-electron chi connectivity index (χ0n) is 18.2. The van der Waals surface area contributed by atoms with Crippen LogP contribution in [0.1, 0.15) is 16.8 Å². The number of carbonyl (C=O) groups excluding carboxylic acids is 2. The molecule has 3 aromatic rings. The summed E-state index contributed by atoms with van der Waals surface area (Å²) in [6.07, 6.45) is 0.842. The third-order valence-electron chi connectivity index (χ3n) is 4.81. The summed E-state index contributed by atoms with van der Waals surface area (Å²) in [5.74, 6) is -0.696. The van der Waals surface area contributed by atoms with E-state index < -0.39 is 0 Å². The number of amides is 3. The third kappa shape index (κ3) is 6.39. The molecule has 0 atom stereocenters. The van der Waals surface area contributed by atoms with Crippen LogP contribution in [0.2, 0.25) is 0 Å². The quantitative estimate of drug-likeness (QED) is 0.445. The van der Waals surface area contributed by atoms with Crippen LogP contribution < -0.4 is 16.0 Å². The number of anilines is 2. The third-order valence-corrected chi connectivity index (χ3v) is 4.81. The Balaban J connectivity index is 1.78. The Morgan fingerprint density at radius 2 is 1.50 bits per heavy atom. The summed E-state index contributed by atoms with van der Waals surface area (Å²) in [5.41, 5.74) is 2.93. The molecule has 3 amide bonds. The van der Waals surface area contributed by atoms with Gasteiger partial charge < -0.3 is 20.9 Å². The molecule has 3 N–H and O–H groups in total. The summed E-state index contributed by atoms with van der Waals surface area (Å²) in [6.45, 7) is 1.44. The number of rotatable bonds is 8. The van der Waals surface area contributed by atoms with Gasteiger partial charge in [0, 0.05) is 23.4 Å². The Bertz CT molecular complexity index is 1070. The van der Waals surface area contributed by atoms with Crippen LogP contribution in [-0.4, -0.2) is 44.0 Å². The lowest BCUT2D eigenvalue weighted by atomic mass is 9.97. The number of nitrogens with zero attached hydrogens (tertiary/aromatic N) is 1. The first-order valence-electron chi connectivity index (χ1n) is 10.4.